The van der Waals surface area contributed by atoms with E-state index in [1.165, 1.54) is 23.2 Å². The van der Waals surface area contributed by atoms with E-state index in [2.05, 4.69) is 4.98 Å². The third kappa shape index (κ3) is 3.04. The van der Waals surface area contributed by atoms with Crippen LogP contribution in [0.5, 0.6) is 0 Å². The molecule has 5 heteroatoms. The molecule has 84 valence electrons. The molecule has 1 heterocycles. The fourth-order valence-corrected chi connectivity index (χ4v) is 1.26. The maximum Gasteiger partial charge on any atom is 0.272 e. The summed E-state index contributed by atoms with van der Waals surface area (Å²) in [6, 6.07) is 4.96. The largest absolute Gasteiger partial charge is 0.392 e. The number of aromatic nitrogens is 1. The maximum absolute atomic E-state index is 11.7. The number of hydrogen-bond acceptors (Lipinski definition) is 4. The lowest BCUT2D eigenvalue weighted by Gasteiger charge is -2.18. The van der Waals surface area contributed by atoms with Crippen molar-refractivity contribution in [3.05, 3.63) is 29.6 Å². The van der Waals surface area contributed by atoms with Crippen LogP contribution in [0.3, 0.4) is 0 Å². The van der Waals surface area contributed by atoms with Crippen molar-refractivity contribution in [2.75, 3.05) is 13.6 Å². The van der Waals surface area contributed by atoms with Gasteiger partial charge in [-0.15, -0.1) is 0 Å². The molecule has 0 aliphatic rings. The molecule has 0 aliphatic carbocycles. The minimum absolute atomic E-state index is 0.251. The van der Waals surface area contributed by atoms with E-state index in [0.29, 0.717) is 5.56 Å². The smallest absolute Gasteiger partial charge is 0.272 e. The number of hydrogen-bond donors (Lipinski definition) is 1. The Balaban J connectivity index is 2.77. The molecular formula is C11H13N3O2. The standard InChI is InChI=1S/C11H13N3O2/c1-8(15)7-14(2)11(16)10-4-3-9(5-12)6-13-10/h3-4,6,8,15H,7H2,1-2H3. The van der Waals surface area contributed by atoms with Gasteiger partial charge in [0.15, 0.2) is 0 Å². The zero-order chi connectivity index (χ0) is 12.1. The van der Waals surface area contributed by atoms with Gasteiger partial charge in [0.05, 0.1) is 11.7 Å². The molecule has 0 aromatic carbocycles. The highest BCUT2D eigenvalue weighted by Crippen LogP contribution is 2.03. The lowest BCUT2D eigenvalue weighted by Crippen LogP contribution is -2.33. The number of nitriles is 1. The second-order valence-electron chi connectivity index (χ2n) is 3.58. The minimum Gasteiger partial charge on any atom is -0.392 e. The Kier molecular flexibility index (Phi) is 3.97. The van der Waals surface area contributed by atoms with Crippen molar-refractivity contribution in [1.29, 1.82) is 5.26 Å². The van der Waals surface area contributed by atoms with Crippen LogP contribution in [0.1, 0.15) is 23.0 Å². The van der Waals surface area contributed by atoms with Crippen molar-refractivity contribution in [2.45, 2.75) is 13.0 Å². The Hall–Kier alpha value is -1.93. The van der Waals surface area contributed by atoms with E-state index in [-0.39, 0.29) is 18.1 Å². The number of likely N-dealkylation sites (N-methyl/N-ethyl adjacent to an activating group) is 1. The first-order chi connectivity index (χ1) is 7.54. The molecule has 1 aromatic heterocycles. The number of aliphatic hydroxyl groups is 1. The quantitative estimate of drug-likeness (QED) is 0.798. The minimum atomic E-state index is -0.577. The number of carbonyl (C=O) groups excluding carboxylic acids is 1. The summed E-state index contributed by atoms with van der Waals surface area (Å²) in [6.07, 6.45) is 0.774. The van der Waals surface area contributed by atoms with Gasteiger partial charge in [-0.25, -0.2) is 4.98 Å². The van der Waals surface area contributed by atoms with Crippen LogP contribution in [0, 0.1) is 11.3 Å². The van der Waals surface area contributed by atoms with E-state index in [4.69, 9.17) is 10.4 Å². The summed E-state index contributed by atoms with van der Waals surface area (Å²) in [5.74, 6) is -0.273. The normalized spacial score (nSPS) is 11.6. The van der Waals surface area contributed by atoms with E-state index >= 15 is 0 Å². The number of pyridine rings is 1. The Morgan fingerprint density at radius 2 is 2.38 bits per heavy atom. The average Bonchev–Trinajstić information content (AvgIpc) is 2.27. The SMILES string of the molecule is CC(O)CN(C)C(=O)c1ccc(C#N)cn1. The lowest BCUT2D eigenvalue weighted by atomic mass is 10.2. The molecule has 5 nitrogen and oxygen atoms in total. The van der Waals surface area contributed by atoms with Gasteiger partial charge in [0.1, 0.15) is 11.8 Å². The summed E-state index contributed by atoms with van der Waals surface area (Å²) in [7, 11) is 1.59. The van der Waals surface area contributed by atoms with Gasteiger partial charge in [-0.05, 0) is 19.1 Å². The number of carbonyl (C=O) groups is 1. The van der Waals surface area contributed by atoms with Crippen LogP contribution in [0.4, 0.5) is 0 Å². The van der Waals surface area contributed by atoms with Crippen molar-refractivity contribution in [3.8, 4) is 6.07 Å². The van der Waals surface area contributed by atoms with Gasteiger partial charge < -0.3 is 10.0 Å². The molecule has 0 aliphatic heterocycles. The first-order valence-electron chi connectivity index (χ1n) is 4.84. The fraction of sp³-hybridized carbons (Fsp3) is 0.364. The molecule has 0 saturated carbocycles. The van der Waals surface area contributed by atoms with Crippen LogP contribution < -0.4 is 0 Å². The highest BCUT2D eigenvalue weighted by atomic mass is 16.3. The number of aliphatic hydroxyl groups excluding tert-OH is 1. The van der Waals surface area contributed by atoms with E-state index in [0.717, 1.165) is 0 Å². The Labute approximate surface area is 93.9 Å². The zero-order valence-electron chi connectivity index (χ0n) is 9.21. The number of amides is 1. The third-order valence-corrected chi connectivity index (χ3v) is 2.00. The molecule has 0 bridgehead atoms. The molecular weight excluding hydrogens is 206 g/mol. The van der Waals surface area contributed by atoms with Crippen molar-refractivity contribution < 1.29 is 9.90 Å². The molecule has 0 fully saturated rings. The maximum atomic E-state index is 11.7. The molecule has 16 heavy (non-hydrogen) atoms. The topological polar surface area (TPSA) is 77.2 Å². The summed E-state index contributed by atoms with van der Waals surface area (Å²) < 4.78 is 0. The van der Waals surface area contributed by atoms with Crippen molar-refractivity contribution in [1.82, 2.24) is 9.88 Å². The van der Waals surface area contributed by atoms with Crippen LogP contribution in [0.25, 0.3) is 0 Å². The number of rotatable bonds is 3. The molecule has 0 spiro atoms. The fourth-order valence-electron chi connectivity index (χ4n) is 1.26. The highest BCUT2D eigenvalue weighted by Gasteiger charge is 2.14. The summed E-state index contributed by atoms with van der Waals surface area (Å²) in [5, 5.41) is 17.7. The van der Waals surface area contributed by atoms with Crippen molar-refractivity contribution in [3.63, 3.8) is 0 Å². The lowest BCUT2D eigenvalue weighted by molar-refractivity contribution is 0.0698. The molecule has 1 rings (SSSR count). The predicted octanol–water partition coefficient (Wildman–Crippen LogP) is 0.406. The molecule has 0 radical (unpaired) electrons. The van der Waals surface area contributed by atoms with Gasteiger partial charge in [-0.3, -0.25) is 4.79 Å². The van der Waals surface area contributed by atoms with Gasteiger partial charge in [0.2, 0.25) is 0 Å². The molecule has 0 saturated heterocycles. The average molecular weight is 219 g/mol. The highest BCUT2D eigenvalue weighted by molar-refractivity contribution is 5.92. The van der Waals surface area contributed by atoms with Gasteiger partial charge in [-0.1, -0.05) is 0 Å². The van der Waals surface area contributed by atoms with Crippen LogP contribution in [-0.4, -0.2) is 40.6 Å². The van der Waals surface area contributed by atoms with Crippen LogP contribution >= 0.6 is 0 Å². The van der Waals surface area contributed by atoms with E-state index < -0.39 is 6.10 Å². The monoisotopic (exact) mass is 219 g/mol. The van der Waals surface area contributed by atoms with Crippen molar-refractivity contribution >= 4 is 5.91 Å². The summed E-state index contributed by atoms with van der Waals surface area (Å²) in [4.78, 5) is 17.0. The van der Waals surface area contributed by atoms with E-state index in [1.54, 1.807) is 14.0 Å². The predicted molar refractivity (Wildman–Crippen MR) is 57.6 cm³/mol. The van der Waals surface area contributed by atoms with Crippen LogP contribution in [0.15, 0.2) is 18.3 Å². The van der Waals surface area contributed by atoms with E-state index in [1.807, 2.05) is 6.07 Å². The first kappa shape index (κ1) is 12.1. The zero-order valence-corrected chi connectivity index (χ0v) is 9.21. The second-order valence-corrected chi connectivity index (χ2v) is 3.58. The van der Waals surface area contributed by atoms with Gasteiger partial charge in [-0.2, -0.15) is 5.26 Å². The van der Waals surface area contributed by atoms with Crippen LogP contribution in [-0.2, 0) is 0 Å². The molecule has 1 unspecified atom stereocenters. The molecule has 1 N–H and O–H groups in total. The van der Waals surface area contributed by atoms with Crippen LogP contribution in [0.2, 0.25) is 0 Å². The van der Waals surface area contributed by atoms with Crippen molar-refractivity contribution in [2.24, 2.45) is 0 Å². The first-order valence-corrected chi connectivity index (χ1v) is 4.84. The van der Waals surface area contributed by atoms with Gasteiger partial charge in [0.25, 0.3) is 5.91 Å². The molecule has 1 aromatic rings. The summed E-state index contributed by atoms with van der Waals surface area (Å²) in [6.45, 7) is 1.86. The van der Waals surface area contributed by atoms with Gasteiger partial charge >= 0.3 is 0 Å². The second kappa shape index (κ2) is 5.24. The molecule has 1 amide bonds. The third-order valence-electron chi connectivity index (χ3n) is 2.00. The van der Waals surface area contributed by atoms with E-state index in [9.17, 15) is 4.79 Å². The Morgan fingerprint density at radius 3 is 2.81 bits per heavy atom. The number of nitrogens with zero attached hydrogens (tertiary/aromatic N) is 3. The Morgan fingerprint density at radius 1 is 1.69 bits per heavy atom. The summed E-state index contributed by atoms with van der Waals surface area (Å²) in [5.41, 5.74) is 0.678. The van der Waals surface area contributed by atoms with Gasteiger partial charge in [0, 0.05) is 19.8 Å². The molecule has 1 atom stereocenters. The summed E-state index contributed by atoms with van der Waals surface area (Å²) >= 11 is 0. The Bertz CT molecular complexity index is 406.